The highest BCUT2D eigenvalue weighted by atomic mass is 16.5. The standard InChI is InChI=1S/C24H32N2O4/c1-17-6-5-11-26(15-17)16-18-7-9-20(10-8-18)24(27)25-14-19-12-21(28-2)23(30-4)22(13-19)29-3/h7-10,12-13,17H,5-6,11,14-16H2,1-4H3,(H,25,27)/t17-/m1/s1. The number of ether oxygens (including phenoxy) is 3. The van der Waals surface area contributed by atoms with Gasteiger partial charge >= 0.3 is 0 Å². The molecule has 2 aromatic carbocycles. The van der Waals surface area contributed by atoms with Gasteiger partial charge in [-0.1, -0.05) is 19.1 Å². The SMILES string of the molecule is COc1cc(CNC(=O)c2ccc(CN3CCC[C@@H](C)C3)cc2)cc(OC)c1OC. The van der Waals surface area contributed by atoms with E-state index in [2.05, 4.69) is 17.1 Å². The fourth-order valence-corrected chi connectivity index (χ4v) is 3.97. The van der Waals surface area contributed by atoms with E-state index in [1.54, 1.807) is 21.3 Å². The van der Waals surface area contributed by atoms with E-state index in [0.717, 1.165) is 31.1 Å². The Balaban J connectivity index is 1.60. The van der Waals surface area contributed by atoms with Crippen molar-refractivity contribution in [2.75, 3.05) is 34.4 Å². The first-order chi connectivity index (χ1) is 14.5. The van der Waals surface area contributed by atoms with Crippen LogP contribution in [0.25, 0.3) is 0 Å². The van der Waals surface area contributed by atoms with Crippen LogP contribution in [0.2, 0.25) is 0 Å². The maximum atomic E-state index is 12.6. The quantitative estimate of drug-likeness (QED) is 0.713. The van der Waals surface area contributed by atoms with Crippen LogP contribution in [-0.2, 0) is 13.1 Å². The molecule has 0 aromatic heterocycles. The van der Waals surface area contributed by atoms with Gasteiger partial charge in [-0.15, -0.1) is 0 Å². The predicted molar refractivity (Wildman–Crippen MR) is 117 cm³/mol. The van der Waals surface area contributed by atoms with Gasteiger partial charge < -0.3 is 19.5 Å². The van der Waals surface area contributed by atoms with Gasteiger partial charge in [0.15, 0.2) is 11.5 Å². The smallest absolute Gasteiger partial charge is 0.251 e. The number of methoxy groups -OCH3 is 3. The van der Waals surface area contributed by atoms with Crippen molar-refractivity contribution in [3.8, 4) is 17.2 Å². The molecule has 1 amide bonds. The van der Waals surface area contributed by atoms with Gasteiger partial charge in [0.2, 0.25) is 5.75 Å². The molecule has 1 heterocycles. The molecule has 162 valence electrons. The highest BCUT2D eigenvalue weighted by Crippen LogP contribution is 2.38. The van der Waals surface area contributed by atoms with Crippen LogP contribution >= 0.6 is 0 Å². The first-order valence-corrected chi connectivity index (χ1v) is 10.4. The number of nitrogens with zero attached hydrogens (tertiary/aromatic N) is 1. The maximum Gasteiger partial charge on any atom is 0.251 e. The molecule has 0 radical (unpaired) electrons. The van der Waals surface area contributed by atoms with E-state index >= 15 is 0 Å². The lowest BCUT2D eigenvalue weighted by Crippen LogP contribution is -2.33. The Morgan fingerprint density at radius 1 is 1.03 bits per heavy atom. The predicted octanol–water partition coefficient (Wildman–Crippen LogP) is 3.87. The van der Waals surface area contributed by atoms with Crippen LogP contribution in [0.4, 0.5) is 0 Å². The van der Waals surface area contributed by atoms with Gasteiger partial charge in [-0.05, 0) is 60.7 Å². The molecule has 30 heavy (non-hydrogen) atoms. The summed E-state index contributed by atoms with van der Waals surface area (Å²) in [6.45, 7) is 5.92. The van der Waals surface area contributed by atoms with Crippen LogP contribution in [0.15, 0.2) is 36.4 Å². The molecule has 0 bridgehead atoms. The summed E-state index contributed by atoms with van der Waals surface area (Å²) >= 11 is 0. The summed E-state index contributed by atoms with van der Waals surface area (Å²) < 4.78 is 16.1. The minimum Gasteiger partial charge on any atom is -0.493 e. The maximum absolute atomic E-state index is 12.6. The van der Waals surface area contributed by atoms with Crippen LogP contribution < -0.4 is 19.5 Å². The molecule has 1 saturated heterocycles. The zero-order valence-electron chi connectivity index (χ0n) is 18.4. The molecule has 1 N–H and O–H groups in total. The summed E-state index contributed by atoms with van der Waals surface area (Å²) in [6, 6.07) is 11.6. The number of benzene rings is 2. The average molecular weight is 413 g/mol. The van der Waals surface area contributed by atoms with Crippen molar-refractivity contribution in [1.82, 2.24) is 10.2 Å². The highest BCUT2D eigenvalue weighted by molar-refractivity contribution is 5.94. The Hall–Kier alpha value is -2.73. The van der Waals surface area contributed by atoms with Gasteiger partial charge in [0.05, 0.1) is 21.3 Å². The molecule has 0 unspecified atom stereocenters. The number of carbonyl (C=O) groups is 1. The summed E-state index contributed by atoms with van der Waals surface area (Å²) in [4.78, 5) is 15.1. The number of piperidine rings is 1. The lowest BCUT2D eigenvalue weighted by molar-refractivity contribution is 0.0950. The summed E-state index contributed by atoms with van der Waals surface area (Å²) in [6.07, 6.45) is 2.59. The van der Waals surface area contributed by atoms with E-state index in [1.165, 1.54) is 18.4 Å². The van der Waals surface area contributed by atoms with Crippen LogP contribution in [-0.4, -0.2) is 45.2 Å². The van der Waals surface area contributed by atoms with Crippen molar-refractivity contribution in [2.45, 2.75) is 32.9 Å². The molecule has 1 fully saturated rings. The van der Waals surface area contributed by atoms with E-state index in [-0.39, 0.29) is 5.91 Å². The van der Waals surface area contributed by atoms with Crippen LogP contribution in [0.5, 0.6) is 17.2 Å². The zero-order chi connectivity index (χ0) is 21.5. The molecule has 1 atom stereocenters. The molecular weight excluding hydrogens is 380 g/mol. The molecule has 3 rings (SSSR count). The van der Waals surface area contributed by atoms with Gasteiger partial charge in [-0.2, -0.15) is 0 Å². The topological polar surface area (TPSA) is 60.0 Å². The number of nitrogens with one attached hydrogen (secondary N) is 1. The first-order valence-electron chi connectivity index (χ1n) is 10.4. The number of rotatable bonds is 8. The molecule has 2 aromatic rings. The number of hydrogen-bond acceptors (Lipinski definition) is 5. The van der Waals surface area contributed by atoms with Gasteiger partial charge in [0.1, 0.15) is 0 Å². The van der Waals surface area contributed by atoms with Crippen LogP contribution in [0.1, 0.15) is 41.3 Å². The third kappa shape index (κ3) is 5.45. The largest absolute Gasteiger partial charge is 0.493 e. The van der Waals surface area contributed by atoms with Crippen molar-refractivity contribution in [2.24, 2.45) is 5.92 Å². The fraction of sp³-hybridized carbons (Fsp3) is 0.458. The van der Waals surface area contributed by atoms with Crippen LogP contribution in [0, 0.1) is 5.92 Å². The zero-order valence-corrected chi connectivity index (χ0v) is 18.4. The Morgan fingerprint density at radius 2 is 1.70 bits per heavy atom. The van der Waals surface area contributed by atoms with E-state index in [9.17, 15) is 4.79 Å². The third-order valence-electron chi connectivity index (χ3n) is 5.54. The molecule has 0 aliphatic carbocycles. The second-order valence-electron chi connectivity index (χ2n) is 7.90. The molecule has 1 aliphatic rings. The first kappa shape index (κ1) is 22.0. The molecule has 6 heteroatoms. The van der Waals surface area contributed by atoms with Crippen molar-refractivity contribution in [3.05, 3.63) is 53.1 Å². The number of carbonyl (C=O) groups excluding carboxylic acids is 1. The minimum absolute atomic E-state index is 0.109. The molecule has 1 aliphatic heterocycles. The Kier molecular flexibility index (Phi) is 7.57. The molecule has 0 spiro atoms. The van der Waals surface area contributed by atoms with Gasteiger partial charge in [0, 0.05) is 25.2 Å². The second-order valence-corrected chi connectivity index (χ2v) is 7.90. The van der Waals surface area contributed by atoms with E-state index in [1.807, 2.05) is 36.4 Å². The van der Waals surface area contributed by atoms with E-state index in [4.69, 9.17) is 14.2 Å². The fourth-order valence-electron chi connectivity index (χ4n) is 3.97. The molecule has 0 saturated carbocycles. The lowest BCUT2D eigenvalue weighted by atomic mass is 9.99. The average Bonchev–Trinajstić information content (AvgIpc) is 2.77. The summed E-state index contributed by atoms with van der Waals surface area (Å²) in [7, 11) is 4.72. The van der Waals surface area contributed by atoms with E-state index in [0.29, 0.717) is 29.4 Å². The lowest BCUT2D eigenvalue weighted by Gasteiger charge is -2.30. The third-order valence-corrected chi connectivity index (χ3v) is 5.54. The number of amides is 1. The van der Waals surface area contributed by atoms with Gasteiger partial charge in [-0.25, -0.2) is 0 Å². The second kappa shape index (κ2) is 10.3. The van der Waals surface area contributed by atoms with Crippen molar-refractivity contribution in [1.29, 1.82) is 0 Å². The highest BCUT2D eigenvalue weighted by Gasteiger charge is 2.17. The summed E-state index contributed by atoms with van der Waals surface area (Å²) in [5, 5.41) is 2.96. The van der Waals surface area contributed by atoms with Crippen molar-refractivity contribution >= 4 is 5.91 Å². The normalized spacial score (nSPS) is 16.7. The van der Waals surface area contributed by atoms with Crippen molar-refractivity contribution < 1.29 is 19.0 Å². The monoisotopic (exact) mass is 412 g/mol. The minimum atomic E-state index is -0.109. The number of likely N-dealkylation sites (tertiary alicyclic amines) is 1. The number of hydrogen-bond donors (Lipinski definition) is 1. The molecular formula is C24H32N2O4. The Morgan fingerprint density at radius 3 is 2.27 bits per heavy atom. The summed E-state index contributed by atoms with van der Waals surface area (Å²) in [5.74, 6) is 2.32. The van der Waals surface area contributed by atoms with E-state index < -0.39 is 0 Å². The van der Waals surface area contributed by atoms with Crippen LogP contribution in [0.3, 0.4) is 0 Å². The van der Waals surface area contributed by atoms with Gasteiger partial charge in [0.25, 0.3) is 5.91 Å². The Bertz CT molecular complexity index is 826. The van der Waals surface area contributed by atoms with Gasteiger partial charge in [-0.3, -0.25) is 9.69 Å². The summed E-state index contributed by atoms with van der Waals surface area (Å²) in [5.41, 5.74) is 2.76. The molecule has 6 nitrogen and oxygen atoms in total. The van der Waals surface area contributed by atoms with Crippen molar-refractivity contribution in [3.63, 3.8) is 0 Å². The Labute approximate surface area is 179 Å².